The number of hydrogen-bond donors (Lipinski definition) is 4. The molecule has 34 heavy (non-hydrogen) atoms. The van der Waals surface area contributed by atoms with E-state index in [4.69, 9.17) is 27.9 Å². The van der Waals surface area contributed by atoms with Gasteiger partial charge in [0, 0.05) is 32.3 Å². The van der Waals surface area contributed by atoms with Gasteiger partial charge in [-0.05, 0) is 13.3 Å². The normalized spacial score (nSPS) is 24.1. The number of carboxylic acid groups (broad SMARTS) is 1. The highest BCUT2D eigenvalue weighted by atomic mass is 35.5. The number of amides is 2. The van der Waals surface area contributed by atoms with E-state index in [9.17, 15) is 23.9 Å². The van der Waals surface area contributed by atoms with Gasteiger partial charge in [0.05, 0.1) is 28.2 Å². The van der Waals surface area contributed by atoms with Gasteiger partial charge >= 0.3 is 5.97 Å². The van der Waals surface area contributed by atoms with Gasteiger partial charge in [0.25, 0.3) is 11.8 Å². The number of aryl methyl sites for hydroxylation is 1. The van der Waals surface area contributed by atoms with Gasteiger partial charge in [0.1, 0.15) is 16.7 Å². The van der Waals surface area contributed by atoms with Crippen LogP contribution in [0, 0.1) is 6.92 Å². The molecule has 0 bridgehead atoms. The van der Waals surface area contributed by atoms with E-state index in [0.717, 1.165) is 11.3 Å². The molecular formula is C20H22Cl2FN5O5S. The number of piperidine rings is 1. The van der Waals surface area contributed by atoms with Gasteiger partial charge in [-0.2, -0.15) is 0 Å². The summed E-state index contributed by atoms with van der Waals surface area (Å²) in [7, 11) is 1.50. The number of alkyl halides is 1. The van der Waals surface area contributed by atoms with Crippen LogP contribution >= 0.6 is 34.5 Å². The van der Waals surface area contributed by atoms with Crippen LogP contribution in [0.2, 0.25) is 10.0 Å². The van der Waals surface area contributed by atoms with Crippen molar-refractivity contribution in [3.63, 3.8) is 0 Å². The number of aromatic amines is 1. The second-order valence-electron chi connectivity index (χ2n) is 8.15. The van der Waals surface area contributed by atoms with Gasteiger partial charge < -0.3 is 30.4 Å². The molecule has 4 atom stereocenters. The Kier molecular flexibility index (Phi) is 7.04. The number of nitrogens with one attached hydrogen (secondary N) is 3. The third-order valence-electron chi connectivity index (χ3n) is 5.78. The molecule has 3 heterocycles. The summed E-state index contributed by atoms with van der Waals surface area (Å²) < 4.78 is 18.7. The van der Waals surface area contributed by atoms with Crippen molar-refractivity contribution in [3.8, 4) is 0 Å². The van der Waals surface area contributed by atoms with E-state index in [1.807, 2.05) is 0 Å². The first-order valence-electron chi connectivity index (χ1n) is 10.4. The summed E-state index contributed by atoms with van der Waals surface area (Å²) in [5.41, 5.74) is 0.496. The Labute approximate surface area is 207 Å². The van der Waals surface area contributed by atoms with Gasteiger partial charge in [-0.15, -0.1) is 0 Å². The minimum atomic E-state index is -1.29. The van der Waals surface area contributed by atoms with Crippen LogP contribution in [0.3, 0.4) is 0 Å². The predicted octanol–water partition coefficient (Wildman–Crippen LogP) is 2.65. The Bertz CT molecular complexity index is 1140. The van der Waals surface area contributed by atoms with E-state index >= 15 is 0 Å². The highest BCUT2D eigenvalue weighted by Gasteiger charge is 2.40. The molecule has 184 valence electrons. The number of hydrogen-bond acceptors (Lipinski definition) is 7. The number of carbonyl (C=O) groups is 3. The van der Waals surface area contributed by atoms with Crippen molar-refractivity contribution >= 4 is 57.5 Å². The second-order valence-corrected chi connectivity index (χ2v) is 9.89. The van der Waals surface area contributed by atoms with Crippen molar-refractivity contribution in [2.45, 2.75) is 44.1 Å². The highest BCUT2D eigenvalue weighted by molar-refractivity contribution is 7.17. The monoisotopic (exact) mass is 533 g/mol. The molecule has 4 N–H and O–H groups in total. The maximum absolute atomic E-state index is 13.2. The average molecular weight is 534 g/mol. The fourth-order valence-electron chi connectivity index (χ4n) is 3.76. The predicted molar refractivity (Wildman–Crippen MR) is 124 cm³/mol. The maximum atomic E-state index is 13.2. The number of aromatic carboxylic acids is 1. The van der Waals surface area contributed by atoms with Gasteiger partial charge in [-0.1, -0.05) is 34.5 Å². The smallest absolute Gasteiger partial charge is 0.348 e. The van der Waals surface area contributed by atoms with Gasteiger partial charge in [0.2, 0.25) is 0 Å². The molecule has 2 unspecified atom stereocenters. The number of halogens is 3. The number of aromatic nitrogens is 2. The molecule has 0 aromatic carbocycles. The molecule has 1 aliphatic carbocycles. The van der Waals surface area contributed by atoms with E-state index in [2.05, 4.69) is 20.6 Å². The topological polar surface area (TPSA) is 137 Å². The van der Waals surface area contributed by atoms with Gasteiger partial charge in [-0.3, -0.25) is 9.59 Å². The molecule has 1 aliphatic heterocycles. The maximum Gasteiger partial charge on any atom is 0.348 e. The van der Waals surface area contributed by atoms with E-state index < -0.39 is 36.1 Å². The molecule has 1 saturated heterocycles. The van der Waals surface area contributed by atoms with E-state index in [-0.39, 0.29) is 38.8 Å². The van der Waals surface area contributed by atoms with Crippen LogP contribution in [0.25, 0.3) is 0 Å². The summed E-state index contributed by atoms with van der Waals surface area (Å²) in [5, 5.41) is 15.6. The van der Waals surface area contributed by atoms with E-state index in [1.54, 1.807) is 11.8 Å². The Morgan fingerprint density at radius 3 is 2.47 bits per heavy atom. The first-order valence-corrected chi connectivity index (χ1v) is 12.0. The molecule has 2 aliphatic rings. The SMILES string of the molecule is COC1CN(c2nc(C(=O)N[C@@H]3C[C@@H]3F)c(C(=O)O)s2)CCC1NC(=O)c1[nH]c(C)c(Cl)c1Cl. The minimum Gasteiger partial charge on any atom is -0.477 e. The van der Waals surface area contributed by atoms with Crippen LogP contribution in [0.1, 0.15) is 49.2 Å². The number of carbonyl (C=O) groups excluding carboxylic acids is 2. The summed E-state index contributed by atoms with van der Waals surface area (Å²) in [5.74, 6) is -2.43. The summed E-state index contributed by atoms with van der Waals surface area (Å²) in [6.45, 7) is 2.42. The minimum absolute atomic E-state index is 0.142. The molecular weight excluding hydrogens is 512 g/mol. The number of ether oxygens (including phenoxy) is 1. The van der Waals surface area contributed by atoms with Crippen LogP contribution in [0.4, 0.5) is 9.52 Å². The molecule has 0 spiro atoms. The zero-order valence-corrected chi connectivity index (χ0v) is 20.5. The lowest BCUT2D eigenvalue weighted by atomic mass is 10.0. The molecule has 0 radical (unpaired) electrons. The lowest BCUT2D eigenvalue weighted by Crippen LogP contribution is -2.55. The fraction of sp³-hybridized carbons (Fsp3) is 0.500. The molecule has 2 aromatic heterocycles. The standard InChI is InChI=1S/C20H22Cl2FN5O5S/c1-7-12(21)13(22)14(24-7)17(29)25-9-3-4-28(6-11(9)33-2)20-27-15(16(34-20)19(31)32)18(30)26-10-5-8(10)23/h8-11,24H,3-6H2,1-2H3,(H,25,29)(H,26,30)(H,31,32)/t8-,9?,10+,11?/m0/s1. The number of carboxylic acids is 1. The van der Waals surface area contributed by atoms with Crippen molar-refractivity contribution < 1.29 is 28.6 Å². The van der Waals surface area contributed by atoms with Crippen molar-refractivity contribution in [2.24, 2.45) is 0 Å². The molecule has 2 fully saturated rings. The Balaban J connectivity index is 1.46. The largest absolute Gasteiger partial charge is 0.477 e. The number of anilines is 1. The zero-order chi connectivity index (χ0) is 24.7. The summed E-state index contributed by atoms with van der Waals surface area (Å²) >= 11 is 13.1. The zero-order valence-electron chi connectivity index (χ0n) is 18.2. The van der Waals surface area contributed by atoms with Crippen LogP contribution in [-0.2, 0) is 4.74 Å². The highest BCUT2D eigenvalue weighted by Crippen LogP contribution is 2.32. The van der Waals surface area contributed by atoms with E-state index in [1.165, 1.54) is 7.11 Å². The number of H-pyrrole nitrogens is 1. The van der Waals surface area contributed by atoms with Crippen LogP contribution < -0.4 is 15.5 Å². The van der Waals surface area contributed by atoms with Crippen LogP contribution in [0.15, 0.2) is 0 Å². The Morgan fingerprint density at radius 1 is 1.24 bits per heavy atom. The van der Waals surface area contributed by atoms with Gasteiger partial charge in [0.15, 0.2) is 10.8 Å². The fourth-order valence-corrected chi connectivity index (χ4v) is 5.11. The third-order valence-corrected chi connectivity index (χ3v) is 7.84. The lowest BCUT2D eigenvalue weighted by Gasteiger charge is -2.37. The first kappa shape index (κ1) is 24.7. The number of rotatable bonds is 7. The quantitative estimate of drug-likeness (QED) is 0.429. The second kappa shape index (κ2) is 9.68. The van der Waals surface area contributed by atoms with Gasteiger partial charge in [-0.25, -0.2) is 14.2 Å². The van der Waals surface area contributed by atoms with Crippen molar-refractivity contribution in [1.82, 2.24) is 20.6 Å². The number of nitrogens with zero attached hydrogens (tertiary/aromatic N) is 2. The lowest BCUT2D eigenvalue weighted by molar-refractivity contribution is 0.0540. The molecule has 2 aromatic rings. The van der Waals surface area contributed by atoms with Crippen LogP contribution in [-0.4, -0.2) is 77.4 Å². The first-order chi connectivity index (χ1) is 16.1. The van der Waals surface area contributed by atoms with Crippen molar-refractivity contribution in [2.75, 3.05) is 25.1 Å². The molecule has 4 rings (SSSR count). The van der Waals surface area contributed by atoms with Crippen molar-refractivity contribution in [1.29, 1.82) is 0 Å². The Morgan fingerprint density at radius 2 is 1.91 bits per heavy atom. The van der Waals surface area contributed by atoms with E-state index in [0.29, 0.717) is 30.3 Å². The van der Waals surface area contributed by atoms with Crippen LogP contribution in [0.5, 0.6) is 0 Å². The summed E-state index contributed by atoms with van der Waals surface area (Å²) in [6.07, 6.45) is -0.895. The average Bonchev–Trinajstić information content (AvgIpc) is 3.20. The molecule has 2 amide bonds. The van der Waals surface area contributed by atoms with Crippen molar-refractivity contribution in [3.05, 3.63) is 32.0 Å². The molecule has 10 nitrogen and oxygen atoms in total. The summed E-state index contributed by atoms with van der Waals surface area (Å²) in [6, 6.07) is -0.964. The number of methoxy groups -OCH3 is 1. The summed E-state index contributed by atoms with van der Waals surface area (Å²) in [4.78, 5) is 45.5. The Hall–Kier alpha value is -2.41. The third kappa shape index (κ3) is 4.85. The number of thiazole rings is 1. The molecule has 14 heteroatoms. The molecule has 1 saturated carbocycles.